The molecule has 0 unspecified atom stereocenters. The van der Waals surface area contributed by atoms with Crippen LogP contribution >= 0.6 is 11.6 Å². The summed E-state index contributed by atoms with van der Waals surface area (Å²) in [5.41, 5.74) is 0.764. The molecule has 1 aliphatic rings. The number of benzene rings is 1. The van der Waals surface area contributed by atoms with Crippen molar-refractivity contribution in [2.45, 2.75) is 32.6 Å². The minimum atomic E-state index is 0.200. The Kier molecular flexibility index (Phi) is 5.41. The van der Waals surface area contributed by atoms with Crippen molar-refractivity contribution < 1.29 is 4.79 Å². The average molecular weight is 280 g/mol. The molecule has 0 N–H and O–H groups in total. The Labute approximate surface area is 120 Å². The van der Waals surface area contributed by atoms with Crippen molar-refractivity contribution in [3.63, 3.8) is 0 Å². The van der Waals surface area contributed by atoms with Crippen molar-refractivity contribution in [2.24, 2.45) is 5.92 Å². The Hall–Kier alpha value is -0.860. The molecule has 104 valence electrons. The fraction of sp³-hybridized carbons (Fsp3) is 0.562. The maximum Gasteiger partial charge on any atom is 0.176 e. The molecule has 2 nitrogen and oxygen atoms in total. The van der Waals surface area contributed by atoms with Crippen LogP contribution in [0.2, 0.25) is 5.02 Å². The van der Waals surface area contributed by atoms with Crippen molar-refractivity contribution in [3.05, 3.63) is 34.9 Å². The first-order valence-electron chi connectivity index (χ1n) is 7.20. The fourth-order valence-corrected chi connectivity index (χ4v) is 2.90. The van der Waals surface area contributed by atoms with Gasteiger partial charge in [0.2, 0.25) is 0 Å². The third-order valence-corrected chi connectivity index (χ3v) is 4.19. The fourth-order valence-electron chi connectivity index (χ4n) is 2.77. The zero-order valence-electron chi connectivity index (χ0n) is 11.6. The maximum absolute atomic E-state index is 12.1. The monoisotopic (exact) mass is 279 g/mol. The first kappa shape index (κ1) is 14.5. The van der Waals surface area contributed by atoms with Gasteiger partial charge in [0.05, 0.1) is 6.54 Å². The lowest BCUT2D eigenvalue weighted by atomic mass is 9.92. The zero-order chi connectivity index (χ0) is 13.7. The minimum Gasteiger partial charge on any atom is -0.296 e. The van der Waals surface area contributed by atoms with Crippen LogP contribution in [0.4, 0.5) is 0 Å². The topological polar surface area (TPSA) is 20.3 Å². The molecule has 0 atom stereocenters. The molecule has 3 heteroatoms. The Morgan fingerprint density at radius 3 is 2.47 bits per heavy atom. The highest BCUT2D eigenvalue weighted by Crippen LogP contribution is 2.21. The van der Waals surface area contributed by atoms with Crippen LogP contribution in [0.25, 0.3) is 0 Å². The van der Waals surface area contributed by atoms with Crippen LogP contribution in [0, 0.1) is 5.92 Å². The van der Waals surface area contributed by atoms with Gasteiger partial charge in [-0.3, -0.25) is 9.69 Å². The van der Waals surface area contributed by atoms with Crippen molar-refractivity contribution in [2.75, 3.05) is 19.6 Å². The third-order valence-electron chi connectivity index (χ3n) is 3.94. The lowest BCUT2D eigenvalue weighted by Gasteiger charge is -2.31. The molecule has 1 heterocycles. The lowest BCUT2D eigenvalue weighted by Crippen LogP contribution is -2.37. The Morgan fingerprint density at radius 2 is 1.89 bits per heavy atom. The molecule has 1 aromatic carbocycles. The van der Waals surface area contributed by atoms with E-state index in [1.165, 1.54) is 25.7 Å². The molecule has 19 heavy (non-hydrogen) atoms. The van der Waals surface area contributed by atoms with E-state index in [0.29, 0.717) is 11.6 Å². The molecule has 0 saturated carbocycles. The van der Waals surface area contributed by atoms with Gasteiger partial charge < -0.3 is 0 Å². The van der Waals surface area contributed by atoms with Crippen molar-refractivity contribution in [3.8, 4) is 0 Å². The van der Waals surface area contributed by atoms with Gasteiger partial charge in [0, 0.05) is 10.6 Å². The van der Waals surface area contributed by atoms with E-state index in [0.717, 1.165) is 24.6 Å². The van der Waals surface area contributed by atoms with Crippen LogP contribution in [0.1, 0.15) is 43.0 Å². The number of likely N-dealkylation sites (tertiary alicyclic amines) is 1. The Balaban J connectivity index is 1.82. The van der Waals surface area contributed by atoms with E-state index < -0.39 is 0 Å². The molecule has 1 fully saturated rings. The molecular formula is C16H22ClNO. The average Bonchev–Trinajstić information content (AvgIpc) is 2.42. The lowest BCUT2D eigenvalue weighted by molar-refractivity contribution is 0.0893. The second-order valence-corrected chi connectivity index (χ2v) is 5.87. The molecule has 0 aliphatic carbocycles. The number of halogens is 1. The summed E-state index contributed by atoms with van der Waals surface area (Å²) in [5, 5.41) is 0.678. The van der Waals surface area contributed by atoms with Crippen molar-refractivity contribution in [1.82, 2.24) is 4.90 Å². The number of nitrogens with zero attached hydrogens (tertiary/aromatic N) is 1. The number of rotatable bonds is 5. The summed E-state index contributed by atoms with van der Waals surface area (Å²) in [4.78, 5) is 14.4. The van der Waals surface area contributed by atoms with Crippen LogP contribution in [0.3, 0.4) is 0 Å². The number of ketones is 1. The first-order chi connectivity index (χ1) is 9.19. The van der Waals surface area contributed by atoms with Crippen LogP contribution < -0.4 is 0 Å². The summed E-state index contributed by atoms with van der Waals surface area (Å²) in [5.74, 6) is 1.07. The first-order valence-corrected chi connectivity index (χ1v) is 7.58. The van der Waals surface area contributed by atoms with Crippen LogP contribution in [-0.2, 0) is 0 Å². The molecule has 1 aromatic rings. The summed E-state index contributed by atoms with van der Waals surface area (Å²) in [6.45, 7) is 4.91. The molecule has 2 rings (SSSR count). The van der Waals surface area contributed by atoms with Gasteiger partial charge >= 0.3 is 0 Å². The van der Waals surface area contributed by atoms with E-state index in [1.807, 2.05) is 12.1 Å². The summed E-state index contributed by atoms with van der Waals surface area (Å²) in [6.07, 6.45) is 5.08. The summed E-state index contributed by atoms with van der Waals surface area (Å²) >= 11 is 5.83. The number of piperidine rings is 1. The van der Waals surface area contributed by atoms with E-state index in [1.54, 1.807) is 12.1 Å². The highest BCUT2D eigenvalue weighted by atomic mass is 35.5. The van der Waals surface area contributed by atoms with E-state index in [2.05, 4.69) is 11.8 Å². The quantitative estimate of drug-likeness (QED) is 0.759. The largest absolute Gasteiger partial charge is 0.296 e. The van der Waals surface area contributed by atoms with Gasteiger partial charge in [0.25, 0.3) is 0 Å². The molecular weight excluding hydrogens is 258 g/mol. The SMILES string of the molecule is CCCC1CCN(CC(=O)c2ccc(Cl)cc2)CC1. The van der Waals surface area contributed by atoms with Crippen LogP contribution in [0.5, 0.6) is 0 Å². The zero-order valence-corrected chi connectivity index (χ0v) is 12.3. The maximum atomic E-state index is 12.1. The number of hydrogen-bond donors (Lipinski definition) is 0. The van der Waals surface area contributed by atoms with Crippen molar-refractivity contribution in [1.29, 1.82) is 0 Å². The third kappa shape index (κ3) is 4.32. The Bertz CT molecular complexity index is 407. The van der Waals surface area contributed by atoms with Gasteiger partial charge in [0.1, 0.15) is 0 Å². The number of carbonyl (C=O) groups is 1. The summed E-state index contributed by atoms with van der Waals surface area (Å²) in [6, 6.07) is 7.19. The molecule has 1 saturated heterocycles. The minimum absolute atomic E-state index is 0.200. The van der Waals surface area contributed by atoms with Gasteiger partial charge in [-0.1, -0.05) is 31.4 Å². The predicted octanol–water partition coefficient (Wildman–Crippen LogP) is 4.03. The van der Waals surface area contributed by atoms with E-state index in [9.17, 15) is 4.79 Å². The summed E-state index contributed by atoms with van der Waals surface area (Å²) < 4.78 is 0. The molecule has 0 spiro atoms. The van der Waals surface area contributed by atoms with E-state index >= 15 is 0 Å². The molecule has 1 aliphatic heterocycles. The van der Waals surface area contributed by atoms with Gasteiger partial charge in [-0.15, -0.1) is 0 Å². The standard InChI is InChI=1S/C16H22ClNO/c1-2-3-13-8-10-18(11-9-13)12-16(19)14-4-6-15(17)7-5-14/h4-7,13H,2-3,8-12H2,1H3. The number of hydrogen-bond acceptors (Lipinski definition) is 2. The van der Waals surface area contributed by atoms with E-state index in [4.69, 9.17) is 11.6 Å². The second kappa shape index (κ2) is 7.06. The number of carbonyl (C=O) groups excluding carboxylic acids is 1. The predicted molar refractivity (Wildman–Crippen MR) is 79.9 cm³/mol. The van der Waals surface area contributed by atoms with Crippen molar-refractivity contribution >= 4 is 17.4 Å². The normalized spacial score (nSPS) is 17.6. The van der Waals surface area contributed by atoms with Gasteiger partial charge in [-0.05, 0) is 56.1 Å². The molecule has 0 radical (unpaired) electrons. The van der Waals surface area contributed by atoms with Gasteiger partial charge in [-0.2, -0.15) is 0 Å². The van der Waals surface area contributed by atoms with Crippen LogP contribution in [-0.4, -0.2) is 30.3 Å². The highest BCUT2D eigenvalue weighted by molar-refractivity contribution is 6.30. The number of Topliss-reactive ketones (excluding diaryl/α,β-unsaturated/α-hetero) is 1. The summed E-state index contributed by atoms with van der Waals surface area (Å²) in [7, 11) is 0. The van der Waals surface area contributed by atoms with Crippen LogP contribution in [0.15, 0.2) is 24.3 Å². The highest BCUT2D eigenvalue weighted by Gasteiger charge is 2.20. The molecule has 0 amide bonds. The second-order valence-electron chi connectivity index (χ2n) is 5.44. The van der Waals surface area contributed by atoms with Gasteiger partial charge in [-0.25, -0.2) is 0 Å². The van der Waals surface area contributed by atoms with E-state index in [-0.39, 0.29) is 5.78 Å². The molecule has 0 aromatic heterocycles. The smallest absolute Gasteiger partial charge is 0.176 e. The Morgan fingerprint density at radius 1 is 1.26 bits per heavy atom. The molecule has 0 bridgehead atoms. The van der Waals surface area contributed by atoms with Gasteiger partial charge in [0.15, 0.2) is 5.78 Å².